The van der Waals surface area contributed by atoms with E-state index in [0.717, 1.165) is 44.0 Å². The van der Waals surface area contributed by atoms with Crippen LogP contribution in [-0.2, 0) is 4.74 Å². The molecule has 0 radical (unpaired) electrons. The maximum absolute atomic E-state index is 13.1. The van der Waals surface area contributed by atoms with Crippen molar-refractivity contribution in [3.05, 3.63) is 29.6 Å². The second kappa shape index (κ2) is 6.16. The number of nitrogens with zero attached hydrogens (tertiary/aromatic N) is 1. The molecule has 0 amide bonds. The van der Waals surface area contributed by atoms with E-state index in [1.807, 2.05) is 6.92 Å². The van der Waals surface area contributed by atoms with E-state index in [0.29, 0.717) is 0 Å². The summed E-state index contributed by atoms with van der Waals surface area (Å²) in [6.45, 7) is 8.64. The molecule has 1 saturated heterocycles. The molecule has 0 bridgehead atoms. The van der Waals surface area contributed by atoms with Crippen LogP contribution in [0.2, 0.25) is 0 Å². The lowest BCUT2D eigenvalue weighted by atomic mass is 10.2. The number of hydrogen-bond acceptors (Lipinski definition) is 3. The third-order valence-electron chi connectivity index (χ3n) is 3.39. The van der Waals surface area contributed by atoms with Crippen LogP contribution in [-0.4, -0.2) is 43.8 Å². The van der Waals surface area contributed by atoms with Gasteiger partial charge in [-0.1, -0.05) is 13.0 Å². The van der Waals surface area contributed by atoms with Crippen molar-refractivity contribution in [2.45, 2.75) is 20.0 Å². The Bertz CT molecular complexity index is 397. The van der Waals surface area contributed by atoms with E-state index < -0.39 is 0 Å². The van der Waals surface area contributed by atoms with Crippen LogP contribution in [0.3, 0.4) is 0 Å². The molecule has 100 valence electrons. The van der Waals surface area contributed by atoms with Crippen molar-refractivity contribution in [2.24, 2.45) is 0 Å². The maximum Gasteiger partial charge on any atom is 0.125 e. The largest absolute Gasteiger partial charge is 0.382 e. The maximum atomic E-state index is 13.1. The number of benzene rings is 1. The van der Waals surface area contributed by atoms with Crippen LogP contribution >= 0.6 is 0 Å². The zero-order valence-electron chi connectivity index (χ0n) is 11.1. The monoisotopic (exact) mass is 252 g/mol. The first kappa shape index (κ1) is 13.3. The number of aryl methyl sites for hydroxylation is 1. The standard InChI is InChI=1S/C14H21FN2O/c1-3-17-6-7-18-13(10-17)9-16-14-8-12(15)5-4-11(14)2/h4-5,8,13,16H,3,6-7,9-10H2,1-2H3. The summed E-state index contributed by atoms with van der Waals surface area (Å²) >= 11 is 0. The van der Waals surface area contributed by atoms with Crippen LogP contribution in [0.25, 0.3) is 0 Å². The Kier molecular flexibility index (Phi) is 4.55. The second-order valence-electron chi connectivity index (χ2n) is 4.73. The van der Waals surface area contributed by atoms with Crippen molar-refractivity contribution in [1.29, 1.82) is 0 Å². The topological polar surface area (TPSA) is 24.5 Å². The first-order valence-corrected chi connectivity index (χ1v) is 6.53. The van der Waals surface area contributed by atoms with Crippen LogP contribution in [0.4, 0.5) is 10.1 Å². The van der Waals surface area contributed by atoms with Gasteiger partial charge in [0.2, 0.25) is 0 Å². The Labute approximate surface area is 108 Å². The molecule has 1 heterocycles. The Balaban J connectivity index is 1.89. The molecule has 1 N–H and O–H groups in total. The van der Waals surface area contributed by atoms with Gasteiger partial charge < -0.3 is 10.1 Å². The lowest BCUT2D eigenvalue weighted by molar-refractivity contribution is -0.0191. The molecule has 18 heavy (non-hydrogen) atoms. The fraction of sp³-hybridized carbons (Fsp3) is 0.571. The normalized spacial score (nSPS) is 20.9. The highest BCUT2D eigenvalue weighted by Gasteiger charge is 2.18. The highest BCUT2D eigenvalue weighted by atomic mass is 19.1. The highest BCUT2D eigenvalue weighted by Crippen LogP contribution is 2.16. The highest BCUT2D eigenvalue weighted by molar-refractivity contribution is 5.50. The number of likely N-dealkylation sites (N-methyl/N-ethyl adjacent to an activating group) is 1. The molecule has 0 aromatic heterocycles. The molecule has 4 heteroatoms. The minimum atomic E-state index is -0.206. The minimum absolute atomic E-state index is 0.182. The van der Waals surface area contributed by atoms with Gasteiger partial charge in [-0.25, -0.2) is 4.39 Å². The molecule has 0 aliphatic carbocycles. The van der Waals surface area contributed by atoms with E-state index in [4.69, 9.17) is 4.74 Å². The van der Waals surface area contributed by atoms with E-state index in [-0.39, 0.29) is 11.9 Å². The van der Waals surface area contributed by atoms with Gasteiger partial charge >= 0.3 is 0 Å². The average Bonchev–Trinajstić information content (AvgIpc) is 2.40. The fourth-order valence-corrected chi connectivity index (χ4v) is 2.20. The van der Waals surface area contributed by atoms with Crippen molar-refractivity contribution in [2.75, 3.05) is 38.1 Å². The number of anilines is 1. The van der Waals surface area contributed by atoms with Crippen LogP contribution in [0.5, 0.6) is 0 Å². The smallest absolute Gasteiger partial charge is 0.125 e. The lowest BCUT2D eigenvalue weighted by Gasteiger charge is -2.32. The van der Waals surface area contributed by atoms with Crippen LogP contribution in [0.1, 0.15) is 12.5 Å². The SMILES string of the molecule is CCN1CCOC(CNc2cc(F)ccc2C)C1. The van der Waals surface area contributed by atoms with Gasteiger partial charge in [-0.3, -0.25) is 4.90 Å². The van der Waals surface area contributed by atoms with Crippen molar-refractivity contribution < 1.29 is 9.13 Å². The lowest BCUT2D eigenvalue weighted by Crippen LogP contribution is -2.45. The molecule has 1 aromatic carbocycles. The predicted molar refractivity (Wildman–Crippen MR) is 71.5 cm³/mol. The molecular weight excluding hydrogens is 231 g/mol. The molecule has 1 fully saturated rings. The Morgan fingerprint density at radius 3 is 3.11 bits per heavy atom. The van der Waals surface area contributed by atoms with Gasteiger partial charge in [-0.2, -0.15) is 0 Å². The number of ether oxygens (including phenoxy) is 1. The number of morpholine rings is 1. The summed E-state index contributed by atoms with van der Waals surface area (Å²) in [6.07, 6.45) is 0.182. The molecule has 2 rings (SSSR count). The van der Waals surface area contributed by atoms with E-state index >= 15 is 0 Å². The minimum Gasteiger partial charge on any atom is -0.382 e. The predicted octanol–water partition coefficient (Wildman–Crippen LogP) is 2.27. The second-order valence-corrected chi connectivity index (χ2v) is 4.73. The van der Waals surface area contributed by atoms with E-state index in [2.05, 4.69) is 17.1 Å². The first-order chi connectivity index (χ1) is 8.69. The van der Waals surface area contributed by atoms with Gasteiger partial charge in [0.15, 0.2) is 0 Å². The van der Waals surface area contributed by atoms with Gasteiger partial charge in [0.25, 0.3) is 0 Å². The summed E-state index contributed by atoms with van der Waals surface area (Å²) < 4.78 is 18.9. The Morgan fingerprint density at radius 2 is 2.33 bits per heavy atom. The van der Waals surface area contributed by atoms with Gasteiger partial charge in [0.05, 0.1) is 12.7 Å². The van der Waals surface area contributed by atoms with E-state index in [1.54, 1.807) is 6.07 Å². The number of halogens is 1. The summed E-state index contributed by atoms with van der Waals surface area (Å²) in [5.41, 5.74) is 1.91. The number of hydrogen-bond donors (Lipinski definition) is 1. The zero-order chi connectivity index (χ0) is 13.0. The fourth-order valence-electron chi connectivity index (χ4n) is 2.20. The van der Waals surface area contributed by atoms with Crippen molar-refractivity contribution >= 4 is 5.69 Å². The first-order valence-electron chi connectivity index (χ1n) is 6.53. The molecule has 1 aliphatic rings. The Morgan fingerprint density at radius 1 is 1.50 bits per heavy atom. The molecule has 3 nitrogen and oxygen atoms in total. The molecular formula is C14H21FN2O. The summed E-state index contributed by atoms with van der Waals surface area (Å²) in [6, 6.07) is 4.81. The average molecular weight is 252 g/mol. The van der Waals surface area contributed by atoms with Crippen molar-refractivity contribution in [1.82, 2.24) is 4.90 Å². The summed E-state index contributed by atoms with van der Waals surface area (Å²) in [4.78, 5) is 2.37. The molecule has 0 spiro atoms. The van der Waals surface area contributed by atoms with Gasteiger partial charge in [0.1, 0.15) is 5.82 Å². The Hall–Kier alpha value is -1.13. The van der Waals surface area contributed by atoms with Gasteiger partial charge in [-0.15, -0.1) is 0 Å². The van der Waals surface area contributed by atoms with Crippen LogP contribution < -0.4 is 5.32 Å². The van der Waals surface area contributed by atoms with E-state index in [1.165, 1.54) is 12.1 Å². The zero-order valence-corrected chi connectivity index (χ0v) is 11.1. The van der Waals surface area contributed by atoms with E-state index in [9.17, 15) is 4.39 Å². The molecule has 1 aliphatic heterocycles. The van der Waals surface area contributed by atoms with Crippen LogP contribution in [0, 0.1) is 12.7 Å². The van der Waals surface area contributed by atoms with Crippen molar-refractivity contribution in [3.8, 4) is 0 Å². The van der Waals surface area contributed by atoms with Crippen molar-refractivity contribution in [3.63, 3.8) is 0 Å². The van der Waals surface area contributed by atoms with Gasteiger partial charge in [0, 0.05) is 25.3 Å². The molecule has 1 atom stereocenters. The summed E-state index contributed by atoms with van der Waals surface area (Å²) in [5.74, 6) is -0.206. The third kappa shape index (κ3) is 3.43. The summed E-state index contributed by atoms with van der Waals surface area (Å²) in [5, 5.41) is 3.28. The number of rotatable bonds is 4. The third-order valence-corrected chi connectivity index (χ3v) is 3.39. The number of nitrogens with one attached hydrogen (secondary N) is 1. The molecule has 1 aromatic rings. The van der Waals surface area contributed by atoms with Crippen LogP contribution in [0.15, 0.2) is 18.2 Å². The summed E-state index contributed by atoms with van der Waals surface area (Å²) in [7, 11) is 0. The van der Waals surface area contributed by atoms with Gasteiger partial charge in [-0.05, 0) is 31.2 Å². The molecule has 0 saturated carbocycles. The quantitative estimate of drug-likeness (QED) is 0.889. The molecule has 1 unspecified atom stereocenters.